The van der Waals surface area contributed by atoms with Crippen LogP contribution in [-0.4, -0.2) is 87.5 Å². The predicted molar refractivity (Wildman–Crippen MR) is 117 cm³/mol. The minimum Gasteiger partial charge on any atom is -0.493 e. The summed E-state index contributed by atoms with van der Waals surface area (Å²) in [5.41, 5.74) is 0.855. The number of hydrogen-bond donors (Lipinski definition) is 2. The lowest BCUT2D eigenvalue weighted by Gasteiger charge is -2.34. The van der Waals surface area contributed by atoms with E-state index >= 15 is 0 Å². The Morgan fingerprint density at radius 1 is 1.03 bits per heavy atom. The van der Waals surface area contributed by atoms with Gasteiger partial charge in [-0.3, -0.25) is 9.69 Å². The first-order valence-corrected chi connectivity index (χ1v) is 10.2. The molecular weight excluding hydrogens is 418 g/mol. The van der Waals surface area contributed by atoms with E-state index in [1.165, 1.54) is 21.3 Å². The molecule has 1 saturated heterocycles. The Balaban J connectivity index is 1.42. The molecule has 0 atom stereocenters. The maximum atomic E-state index is 12.4. The lowest BCUT2D eigenvalue weighted by atomic mass is 10.2. The average Bonchev–Trinajstić information content (AvgIpc) is 3.24. The van der Waals surface area contributed by atoms with Crippen LogP contribution in [0.5, 0.6) is 17.2 Å². The molecular formula is C21H29N5O6. The van der Waals surface area contributed by atoms with Crippen LogP contribution in [0.15, 0.2) is 22.7 Å². The Labute approximate surface area is 186 Å². The fourth-order valence-corrected chi connectivity index (χ4v) is 3.46. The van der Waals surface area contributed by atoms with Gasteiger partial charge < -0.3 is 34.3 Å². The molecule has 0 aliphatic carbocycles. The first-order chi connectivity index (χ1) is 15.4. The van der Waals surface area contributed by atoms with Crippen molar-refractivity contribution in [2.24, 2.45) is 0 Å². The smallest absolute Gasteiger partial charge is 0.319 e. The number of anilines is 1. The number of amides is 3. The third kappa shape index (κ3) is 5.61. The molecule has 0 saturated carbocycles. The number of aromatic nitrogens is 1. The number of rotatable bonds is 8. The molecule has 1 fully saturated rings. The van der Waals surface area contributed by atoms with Gasteiger partial charge in [0.2, 0.25) is 5.75 Å². The van der Waals surface area contributed by atoms with Crippen LogP contribution in [0.2, 0.25) is 0 Å². The second-order valence-electron chi connectivity index (χ2n) is 7.25. The highest BCUT2D eigenvalue weighted by Crippen LogP contribution is 2.39. The van der Waals surface area contributed by atoms with Crippen molar-refractivity contribution in [2.75, 3.05) is 65.9 Å². The Morgan fingerprint density at radius 2 is 1.69 bits per heavy atom. The van der Waals surface area contributed by atoms with Crippen molar-refractivity contribution in [1.29, 1.82) is 0 Å². The Bertz CT molecular complexity index is 914. The lowest BCUT2D eigenvalue weighted by Crippen LogP contribution is -2.50. The number of methoxy groups -OCH3 is 3. The second kappa shape index (κ2) is 10.7. The molecule has 1 aromatic carbocycles. The van der Waals surface area contributed by atoms with Crippen LogP contribution in [0.4, 0.5) is 10.5 Å². The Morgan fingerprint density at radius 3 is 2.22 bits per heavy atom. The Kier molecular flexibility index (Phi) is 7.77. The maximum Gasteiger partial charge on any atom is 0.319 e. The van der Waals surface area contributed by atoms with Gasteiger partial charge in [-0.15, -0.1) is 0 Å². The van der Waals surface area contributed by atoms with E-state index in [2.05, 4.69) is 20.7 Å². The van der Waals surface area contributed by atoms with Gasteiger partial charge in [-0.1, -0.05) is 5.16 Å². The first-order valence-electron chi connectivity index (χ1n) is 10.2. The van der Waals surface area contributed by atoms with E-state index in [1.54, 1.807) is 30.0 Å². The van der Waals surface area contributed by atoms with Crippen LogP contribution in [0.25, 0.3) is 0 Å². The first kappa shape index (κ1) is 23.2. The summed E-state index contributed by atoms with van der Waals surface area (Å²) in [4.78, 5) is 28.7. The van der Waals surface area contributed by atoms with Crippen molar-refractivity contribution in [3.8, 4) is 17.2 Å². The maximum absolute atomic E-state index is 12.4. The fourth-order valence-electron chi connectivity index (χ4n) is 3.46. The third-order valence-electron chi connectivity index (χ3n) is 5.14. The summed E-state index contributed by atoms with van der Waals surface area (Å²) < 4.78 is 20.9. The molecule has 3 amide bonds. The molecule has 2 heterocycles. The van der Waals surface area contributed by atoms with Crippen LogP contribution < -0.4 is 24.8 Å². The largest absolute Gasteiger partial charge is 0.493 e. The molecule has 2 aromatic rings. The average molecular weight is 447 g/mol. The van der Waals surface area contributed by atoms with E-state index in [1.807, 2.05) is 0 Å². The molecule has 1 aliphatic rings. The fraction of sp³-hybridized carbons (Fsp3) is 0.476. The van der Waals surface area contributed by atoms with Crippen LogP contribution in [-0.2, 0) is 0 Å². The van der Waals surface area contributed by atoms with Crippen LogP contribution in [0.1, 0.15) is 16.2 Å². The van der Waals surface area contributed by atoms with Crippen molar-refractivity contribution in [2.45, 2.75) is 6.92 Å². The number of nitrogens with one attached hydrogen (secondary N) is 2. The third-order valence-corrected chi connectivity index (χ3v) is 5.14. The molecule has 0 radical (unpaired) electrons. The molecule has 0 spiro atoms. The number of urea groups is 1. The zero-order valence-electron chi connectivity index (χ0n) is 18.8. The summed E-state index contributed by atoms with van der Waals surface area (Å²) in [6.45, 7) is 5.54. The van der Waals surface area contributed by atoms with Crippen LogP contribution >= 0.6 is 0 Å². The topological polar surface area (TPSA) is 118 Å². The predicted octanol–water partition coefficient (Wildman–Crippen LogP) is 1.59. The second-order valence-corrected chi connectivity index (χ2v) is 7.25. The molecule has 32 heavy (non-hydrogen) atoms. The van der Waals surface area contributed by atoms with Gasteiger partial charge in [0, 0.05) is 57.5 Å². The van der Waals surface area contributed by atoms with Crippen molar-refractivity contribution in [3.05, 3.63) is 29.7 Å². The number of benzene rings is 1. The summed E-state index contributed by atoms with van der Waals surface area (Å²) in [5, 5.41) is 9.39. The van der Waals surface area contributed by atoms with Gasteiger partial charge in [-0.25, -0.2) is 4.79 Å². The molecule has 0 bridgehead atoms. The minimum absolute atomic E-state index is 0.121. The van der Waals surface area contributed by atoms with Gasteiger partial charge in [0.15, 0.2) is 17.2 Å². The summed E-state index contributed by atoms with van der Waals surface area (Å²) in [5.74, 6) is 1.86. The highest BCUT2D eigenvalue weighted by Gasteiger charge is 2.24. The quantitative estimate of drug-likeness (QED) is 0.626. The molecule has 174 valence electrons. The SMILES string of the molecule is COc1cc(NC(=O)NCCN2CCN(C(=O)c3cc(C)on3)CC2)cc(OC)c1OC. The zero-order valence-corrected chi connectivity index (χ0v) is 18.8. The molecule has 1 aromatic heterocycles. The van der Waals surface area contributed by atoms with Gasteiger partial charge in [-0.05, 0) is 6.92 Å². The molecule has 11 heteroatoms. The molecule has 0 unspecified atom stereocenters. The van der Waals surface area contributed by atoms with Crippen molar-refractivity contribution >= 4 is 17.6 Å². The van der Waals surface area contributed by atoms with E-state index in [-0.39, 0.29) is 11.9 Å². The normalized spacial score (nSPS) is 14.1. The van der Waals surface area contributed by atoms with E-state index in [0.717, 1.165) is 13.1 Å². The summed E-state index contributed by atoms with van der Waals surface area (Å²) in [7, 11) is 4.55. The standard InChI is InChI=1S/C21H29N5O6/c1-14-11-16(24-32-14)20(27)26-9-7-25(8-10-26)6-5-22-21(28)23-15-12-17(29-2)19(31-4)18(13-15)30-3/h11-13H,5-10H2,1-4H3,(H2,22,23,28). The van der Waals surface area contributed by atoms with E-state index in [4.69, 9.17) is 18.7 Å². The number of hydrogen-bond acceptors (Lipinski definition) is 8. The summed E-state index contributed by atoms with van der Waals surface area (Å²) >= 11 is 0. The van der Waals surface area contributed by atoms with Crippen LogP contribution in [0, 0.1) is 6.92 Å². The highest BCUT2D eigenvalue weighted by molar-refractivity contribution is 5.92. The van der Waals surface area contributed by atoms with E-state index < -0.39 is 0 Å². The van der Waals surface area contributed by atoms with Gasteiger partial charge >= 0.3 is 6.03 Å². The van der Waals surface area contributed by atoms with Gasteiger partial charge in [0.1, 0.15) is 5.76 Å². The highest BCUT2D eigenvalue weighted by atomic mass is 16.5. The molecule has 1 aliphatic heterocycles. The zero-order chi connectivity index (χ0) is 23.1. The lowest BCUT2D eigenvalue weighted by molar-refractivity contribution is 0.0629. The molecule has 2 N–H and O–H groups in total. The number of ether oxygens (including phenoxy) is 3. The van der Waals surface area contributed by atoms with E-state index in [9.17, 15) is 9.59 Å². The van der Waals surface area contributed by atoms with Gasteiger partial charge in [0.25, 0.3) is 5.91 Å². The van der Waals surface area contributed by atoms with E-state index in [0.29, 0.717) is 60.6 Å². The van der Waals surface area contributed by atoms with Gasteiger partial charge in [-0.2, -0.15) is 0 Å². The summed E-state index contributed by atoms with van der Waals surface area (Å²) in [6.07, 6.45) is 0. The number of piperazine rings is 1. The van der Waals surface area contributed by atoms with Crippen molar-refractivity contribution in [3.63, 3.8) is 0 Å². The van der Waals surface area contributed by atoms with Crippen molar-refractivity contribution in [1.82, 2.24) is 20.3 Å². The molecule has 3 rings (SSSR count). The molecule has 11 nitrogen and oxygen atoms in total. The number of carbonyl (C=O) groups excluding carboxylic acids is 2. The van der Waals surface area contributed by atoms with Crippen LogP contribution in [0.3, 0.4) is 0 Å². The monoisotopic (exact) mass is 447 g/mol. The number of nitrogens with zero attached hydrogens (tertiary/aromatic N) is 3. The summed E-state index contributed by atoms with van der Waals surface area (Å²) in [6, 6.07) is 4.63. The number of carbonyl (C=O) groups is 2. The number of aryl methyl sites for hydroxylation is 1. The Hall–Kier alpha value is -3.47. The van der Waals surface area contributed by atoms with Crippen molar-refractivity contribution < 1.29 is 28.3 Å². The van der Waals surface area contributed by atoms with Gasteiger partial charge in [0.05, 0.1) is 27.0 Å². The minimum atomic E-state index is -0.338.